The molecule has 0 heterocycles. The van der Waals surface area contributed by atoms with Crippen molar-refractivity contribution in [3.05, 3.63) is 0 Å². The fraction of sp³-hybridized carbons (Fsp3) is 0.944. The molecule has 1 atom stereocenters. The van der Waals surface area contributed by atoms with Gasteiger partial charge in [-0.15, -0.1) is 11.6 Å². The van der Waals surface area contributed by atoms with Gasteiger partial charge in [0.2, 0.25) is 0 Å². The first-order chi connectivity index (χ1) is 10.2. The van der Waals surface area contributed by atoms with Crippen molar-refractivity contribution in [2.45, 2.75) is 109 Å². The zero-order valence-electron chi connectivity index (χ0n) is 13.9. The third kappa shape index (κ3) is 17.7. The van der Waals surface area contributed by atoms with Crippen LogP contribution in [0.4, 0.5) is 0 Å². The Morgan fingerprint density at radius 2 is 1.24 bits per heavy atom. The maximum absolute atomic E-state index is 10.4. The summed E-state index contributed by atoms with van der Waals surface area (Å²) in [6, 6.07) is 0. The summed E-state index contributed by atoms with van der Waals surface area (Å²) in [5.74, 6) is -0.698. The number of hydrogen-bond acceptors (Lipinski definition) is 1. The summed E-state index contributed by atoms with van der Waals surface area (Å²) >= 11 is 6.26. The van der Waals surface area contributed by atoms with E-state index in [4.69, 9.17) is 16.7 Å². The third-order valence-corrected chi connectivity index (χ3v) is 4.47. The van der Waals surface area contributed by atoms with Gasteiger partial charge < -0.3 is 5.11 Å². The van der Waals surface area contributed by atoms with Crippen LogP contribution in [0.5, 0.6) is 0 Å². The van der Waals surface area contributed by atoms with Gasteiger partial charge in [-0.25, -0.2) is 0 Å². The van der Waals surface area contributed by atoms with Crippen molar-refractivity contribution in [3.63, 3.8) is 0 Å². The van der Waals surface area contributed by atoms with Crippen LogP contribution in [0, 0.1) is 0 Å². The van der Waals surface area contributed by atoms with Gasteiger partial charge in [0.25, 0.3) is 0 Å². The molecule has 126 valence electrons. The van der Waals surface area contributed by atoms with Crippen LogP contribution in [0.1, 0.15) is 103 Å². The smallest absolute Gasteiger partial charge is 0.303 e. The Bertz CT molecular complexity index is 231. The molecule has 0 rings (SSSR count). The molecule has 0 aliphatic heterocycles. The summed E-state index contributed by atoms with van der Waals surface area (Å²) in [6.07, 6.45) is 17.6. The normalized spacial score (nSPS) is 12.5. The highest BCUT2D eigenvalue weighted by molar-refractivity contribution is 6.20. The minimum absolute atomic E-state index is 0.243. The van der Waals surface area contributed by atoms with Crippen molar-refractivity contribution in [1.29, 1.82) is 0 Å². The Morgan fingerprint density at radius 3 is 1.71 bits per heavy atom. The van der Waals surface area contributed by atoms with Crippen LogP contribution >= 0.6 is 11.6 Å². The van der Waals surface area contributed by atoms with Crippen LogP contribution in [0.3, 0.4) is 0 Å². The number of rotatable bonds is 16. The lowest BCUT2D eigenvalue weighted by atomic mass is 10.0. The fourth-order valence-electron chi connectivity index (χ4n) is 2.64. The van der Waals surface area contributed by atoms with E-state index in [1.807, 2.05) is 0 Å². The Kier molecular flexibility index (Phi) is 16.0. The van der Waals surface area contributed by atoms with Crippen LogP contribution in [0.2, 0.25) is 0 Å². The molecule has 0 saturated carbocycles. The van der Waals surface area contributed by atoms with Crippen LogP contribution in [-0.2, 0) is 4.79 Å². The molecule has 0 saturated heterocycles. The highest BCUT2D eigenvalue weighted by atomic mass is 35.5. The van der Waals surface area contributed by atoms with Crippen molar-refractivity contribution in [3.8, 4) is 0 Å². The largest absolute Gasteiger partial charge is 0.481 e. The zero-order chi connectivity index (χ0) is 15.8. The molecular formula is C18H35ClO2. The highest BCUT2D eigenvalue weighted by Gasteiger charge is 2.05. The number of alkyl halides is 1. The number of hydrogen-bond donors (Lipinski definition) is 1. The van der Waals surface area contributed by atoms with E-state index >= 15 is 0 Å². The summed E-state index contributed by atoms with van der Waals surface area (Å²) in [6.45, 7) is 2.26. The predicted molar refractivity (Wildman–Crippen MR) is 92.2 cm³/mol. The summed E-state index contributed by atoms with van der Waals surface area (Å²) in [5, 5.41) is 8.79. The zero-order valence-corrected chi connectivity index (χ0v) is 14.7. The molecule has 0 aromatic rings. The molecule has 0 radical (unpaired) electrons. The topological polar surface area (TPSA) is 37.3 Å². The maximum Gasteiger partial charge on any atom is 0.303 e. The molecule has 0 amide bonds. The first-order valence-corrected chi connectivity index (χ1v) is 9.46. The number of unbranched alkanes of at least 4 members (excludes halogenated alkanes) is 10. The van der Waals surface area contributed by atoms with E-state index in [2.05, 4.69) is 6.92 Å². The average molecular weight is 319 g/mol. The maximum atomic E-state index is 10.4. The Labute approximate surface area is 136 Å². The molecule has 0 aromatic heterocycles. The van der Waals surface area contributed by atoms with Gasteiger partial charge in [-0.2, -0.15) is 0 Å². The molecule has 0 aromatic carbocycles. The van der Waals surface area contributed by atoms with Gasteiger partial charge in [0, 0.05) is 11.8 Å². The molecule has 2 nitrogen and oxygen atoms in total. The van der Waals surface area contributed by atoms with Gasteiger partial charge in [0.15, 0.2) is 0 Å². The third-order valence-electron chi connectivity index (χ3n) is 4.03. The number of halogens is 1. The van der Waals surface area contributed by atoms with Crippen molar-refractivity contribution in [1.82, 2.24) is 0 Å². The van der Waals surface area contributed by atoms with Gasteiger partial charge in [0.1, 0.15) is 0 Å². The molecule has 1 unspecified atom stereocenters. The van der Waals surface area contributed by atoms with Crippen molar-refractivity contribution in [2.24, 2.45) is 0 Å². The lowest BCUT2D eigenvalue weighted by Gasteiger charge is -2.08. The highest BCUT2D eigenvalue weighted by Crippen LogP contribution is 2.17. The predicted octanol–water partition coefficient (Wildman–Crippen LogP) is 6.55. The van der Waals surface area contributed by atoms with Crippen LogP contribution in [0.25, 0.3) is 0 Å². The quantitative estimate of drug-likeness (QED) is 0.259. The van der Waals surface area contributed by atoms with E-state index in [0.717, 1.165) is 25.7 Å². The van der Waals surface area contributed by atoms with E-state index in [-0.39, 0.29) is 11.8 Å². The number of carboxylic acid groups (broad SMARTS) is 1. The van der Waals surface area contributed by atoms with E-state index in [9.17, 15) is 4.79 Å². The molecule has 0 aliphatic carbocycles. The molecule has 0 bridgehead atoms. The van der Waals surface area contributed by atoms with Gasteiger partial charge >= 0.3 is 5.97 Å². The van der Waals surface area contributed by atoms with Gasteiger partial charge in [-0.3, -0.25) is 4.79 Å². The first-order valence-electron chi connectivity index (χ1n) is 9.02. The molecule has 1 N–H and O–H groups in total. The summed E-state index contributed by atoms with van der Waals surface area (Å²) < 4.78 is 0. The molecule has 3 heteroatoms. The molecule has 21 heavy (non-hydrogen) atoms. The van der Waals surface area contributed by atoms with Crippen LogP contribution in [-0.4, -0.2) is 16.5 Å². The summed E-state index contributed by atoms with van der Waals surface area (Å²) in [7, 11) is 0. The Morgan fingerprint density at radius 1 is 0.810 bits per heavy atom. The van der Waals surface area contributed by atoms with Crippen molar-refractivity contribution in [2.75, 3.05) is 0 Å². The minimum atomic E-state index is -0.698. The Hall–Kier alpha value is -0.240. The van der Waals surface area contributed by atoms with Gasteiger partial charge in [-0.1, -0.05) is 77.6 Å². The minimum Gasteiger partial charge on any atom is -0.481 e. The summed E-state index contributed by atoms with van der Waals surface area (Å²) in [5.41, 5.74) is 0. The van der Waals surface area contributed by atoms with Gasteiger partial charge in [-0.05, 0) is 19.3 Å². The summed E-state index contributed by atoms with van der Waals surface area (Å²) in [4.78, 5) is 10.4. The second-order valence-corrected chi connectivity index (χ2v) is 6.82. The fourth-order valence-corrected chi connectivity index (χ4v) is 2.95. The van der Waals surface area contributed by atoms with E-state index in [0.29, 0.717) is 0 Å². The van der Waals surface area contributed by atoms with E-state index in [1.54, 1.807) is 0 Å². The molecule has 0 aliphatic rings. The van der Waals surface area contributed by atoms with Crippen molar-refractivity contribution < 1.29 is 9.90 Å². The Balaban J connectivity index is 3.14. The van der Waals surface area contributed by atoms with Crippen LogP contribution < -0.4 is 0 Å². The number of aliphatic carboxylic acids is 1. The van der Waals surface area contributed by atoms with E-state index in [1.165, 1.54) is 64.2 Å². The number of carboxylic acids is 1. The number of carbonyl (C=O) groups is 1. The average Bonchev–Trinajstić information content (AvgIpc) is 2.45. The second kappa shape index (κ2) is 16.1. The standard InChI is InChI=1S/C18H35ClO2/c1-2-3-4-5-6-7-8-9-10-11-14-17(19)15-12-13-16-18(20)21/h17H,2-16H2,1H3,(H,20,21). The van der Waals surface area contributed by atoms with Crippen molar-refractivity contribution >= 4 is 17.6 Å². The second-order valence-electron chi connectivity index (χ2n) is 6.21. The van der Waals surface area contributed by atoms with Gasteiger partial charge in [0.05, 0.1) is 0 Å². The van der Waals surface area contributed by atoms with Crippen LogP contribution in [0.15, 0.2) is 0 Å². The first kappa shape index (κ1) is 20.8. The molecule has 0 fully saturated rings. The molecule has 0 spiro atoms. The molecular weight excluding hydrogens is 284 g/mol. The SMILES string of the molecule is CCCCCCCCCCCCC(Cl)CCCCC(=O)O. The monoisotopic (exact) mass is 318 g/mol. The lowest BCUT2D eigenvalue weighted by molar-refractivity contribution is -0.137. The lowest BCUT2D eigenvalue weighted by Crippen LogP contribution is -2.00. The van der Waals surface area contributed by atoms with E-state index < -0.39 is 5.97 Å².